The Bertz CT molecular complexity index is 790. The van der Waals surface area contributed by atoms with Crippen molar-refractivity contribution in [1.82, 2.24) is 10.9 Å². The van der Waals surface area contributed by atoms with Crippen molar-refractivity contribution in [2.45, 2.75) is 20.0 Å². The van der Waals surface area contributed by atoms with Crippen LogP contribution in [0.15, 0.2) is 59.1 Å². The molecule has 0 aliphatic heterocycles. The summed E-state index contributed by atoms with van der Waals surface area (Å²) in [6, 6.07) is 14.9. The van der Waals surface area contributed by atoms with Crippen LogP contribution in [0.5, 0.6) is 5.75 Å². The topological polar surface area (TPSA) is 67.4 Å². The summed E-state index contributed by atoms with van der Waals surface area (Å²) in [6.45, 7) is 3.58. The van der Waals surface area contributed by atoms with Crippen molar-refractivity contribution < 1.29 is 14.3 Å². The van der Waals surface area contributed by atoms with E-state index in [0.29, 0.717) is 5.75 Å². The van der Waals surface area contributed by atoms with E-state index in [9.17, 15) is 9.59 Å². The van der Waals surface area contributed by atoms with E-state index >= 15 is 0 Å². The van der Waals surface area contributed by atoms with E-state index in [1.165, 1.54) is 6.08 Å². The second kappa shape index (κ2) is 9.03. The minimum atomic E-state index is -0.754. The van der Waals surface area contributed by atoms with Crippen molar-refractivity contribution >= 4 is 33.8 Å². The number of hydrogen-bond acceptors (Lipinski definition) is 3. The van der Waals surface area contributed by atoms with Crippen LogP contribution in [0, 0.1) is 6.92 Å². The van der Waals surface area contributed by atoms with E-state index < -0.39 is 17.9 Å². The highest BCUT2D eigenvalue weighted by molar-refractivity contribution is 9.10. The Kier molecular flexibility index (Phi) is 6.77. The van der Waals surface area contributed by atoms with Gasteiger partial charge in [0.05, 0.1) is 0 Å². The highest BCUT2D eigenvalue weighted by Gasteiger charge is 2.14. The van der Waals surface area contributed by atoms with Gasteiger partial charge in [-0.1, -0.05) is 51.8 Å². The Balaban J connectivity index is 1.81. The van der Waals surface area contributed by atoms with Gasteiger partial charge >= 0.3 is 0 Å². The van der Waals surface area contributed by atoms with Gasteiger partial charge in [0.1, 0.15) is 5.75 Å². The number of hydrazine groups is 1. The van der Waals surface area contributed by atoms with Crippen LogP contribution >= 0.6 is 15.9 Å². The van der Waals surface area contributed by atoms with Gasteiger partial charge in [-0.25, -0.2) is 0 Å². The van der Waals surface area contributed by atoms with Gasteiger partial charge in [0, 0.05) is 10.5 Å². The molecule has 6 heteroatoms. The fourth-order valence-corrected chi connectivity index (χ4v) is 2.39. The zero-order valence-corrected chi connectivity index (χ0v) is 15.5. The fraction of sp³-hybridized carbons (Fsp3) is 0.158. The first-order chi connectivity index (χ1) is 11.9. The summed E-state index contributed by atoms with van der Waals surface area (Å²) < 4.78 is 6.37. The molecule has 2 amide bonds. The van der Waals surface area contributed by atoms with Crippen LogP contribution in [0.25, 0.3) is 6.08 Å². The lowest BCUT2D eigenvalue weighted by Crippen LogP contribution is -2.46. The summed E-state index contributed by atoms with van der Waals surface area (Å²) in [4.78, 5) is 23.7. The predicted octanol–water partition coefficient (Wildman–Crippen LogP) is 3.39. The first-order valence-electron chi connectivity index (χ1n) is 7.71. The maximum atomic E-state index is 12.0. The molecule has 0 unspecified atom stereocenters. The van der Waals surface area contributed by atoms with Crippen LogP contribution < -0.4 is 15.6 Å². The van der Waals surface area contributed by atoms with Crippen LogP contribution in [0.3, 0.4) is 0 Å². The molecule has 0 fully saturated rings. The minimum absolute atomic E-state index is 0.426. The lowest BCUT2D eigenvalue weighted by Gasteiger charge is -2.14. The largest absolute Gasteiger partial charge is 0.481 e. The van der Waals surface area contributed by atoms with E-state index in [4.69, 9.17) is 4.74 Å². The molecule has 25 heavy (non-hydrogen) atoms. The lowest BCUT2D eigenvalue weighted by molar-refractivity contribution is -0.131. The monoisotopic (exact) mass is 402 g/mol. The molecule has 0 bridgehead atoms. The Morgan fingerprint density at radius 3 is 2.60 bits per heavy atom. The number of aryl methyl sites for hydroxylation is 1. The summed E-state index contributed by atoms with van der Waals surface area (Å²) in [5.41, 5.74) is 6.69. The molecule has 130 valence electrons. The van der Waals surface area contributed by atoms with Crippen LogP contribution in [0.1, 0.15) is 18.1 Å². The average Bonchev–Trinajstić information content (AvgIpc) is 2.58. The van der Waals surface area contributed by atoms with Crippen molar-refractivity contribution in [2.24, 2.45) is 0 Å². The number of ether oxygens (including phenoxy) is 1. The van der Waals surface area contributed by atoms with Gasteiger partial charge in [0.2, 0.25) is 0 Å². The molecule has 1 atom stereocenters. The Morgan fingerprint density at radius 2 is 1.88 bits per heavy atom. The minimum Gasteiger partial charge on any atom is -0.481 e. The standard InChI is InChI=1S/C19H19BrN2O3/c1-13-5-3-6-15(11-13)9-10-18(23)21-22-19(24)14(2)25-17-8-4-7-16(20)12-17/h3-12,14H,1-2H3,(H,21,23)(H,22,24)/b10-9+/t14-/m1/s1. The number of nitrogens with one attached hydrogen (secondary N) is 2. The zero-order valence-electron chi connectivity index (χ0n) is 14.0. The molecule has 0 aliphatic carbocycles. The average molecular weight is 403 g/mol. The van der Waals surface area contributed by atoms with Gasteiger partial charge in [-0.15, -0.1) is 0 Å². The predicted molar refractivity (Wildman–Crippen MR) is 101 cm³/mol. The second-order valence-corrected chi connectivity index (χ2v) is 6.36. The van der Waals surface area contributed by atoms with Crippen molar-refractivity contribution in [3.8, 4) is 5.75 Å². The molecule has 0 radical (unpaired) electrons. The molecule has 0 spiro atoms. The van der Waals surface area contributed by atoms with Crippen molar-refractivity contribution in [2.75, 3.05) is 0 Å². The van der Waals surface area contributed by atoms with Crippen LogP contribution in [0.4, 0.5) is 0 Å². The number of benzene rings is 2. The first-order valence-corrected chi connectivity index (χ1v) is 8.50. The van der Waals surface area contributed by atoms with E-state index in [-0.39, 0.29) is 0 Å². The third kappa shape index (κ3) is 6.43. The summed E-state index contributed by atoms with van der Waals surface area (Å²) >= 11 is 3.33. The number of carbonyl (C=O) groups excluding carboxylic acids is 2. The molecular formula is C19H19BrN2O3. The van der Waals surface area contributed by atoms with Gasteiger partial charge in [0.25, 0.3) is 11.8 Å². The number of amides is 2. The van der Waals surface area contributed by atoms with E-state index in [1.807, 2.05) is 43.3 Å². The third-order valence-electron chi connectivity index (χ3n) is 3.26. The summed E-state index contributed by atoms with van der Waals surface area (Å²) in [5, 5.41) is 0. The van der Waals surface area contributed by atoms with E-state index in [2.05, 4.69) is 26.8 Å². The summed E-state index contributed by atoms with van der Waals surface area (Å²) in [6.07, 6.45) is 2.28. The smallest absolute Gasteiger partial charge is 0.279 e. The van der Waals surface area contributed by atoms with Crippen LogP contribution in [-0.4, -0.2) is 17.9 Å². The van der Waals surface area contributed by atoms with Gasteiger partial charge in [0.15, 0.2) is 6.10 Å². The fourth-order valence-electron chi connectivity index (χ4n) is 2.01. The molecular weight excluding hydrogens is 384 g/mol. The van der Waals surface area contributed by atoms with Gasteiger partial charge < -0.3 is 4.74 Å². The highest BCUT2D eigenvalue weighted by atomic mass is 79.9. The maximum absolute atomic E-state index is 12.0. The Hall–Kier alpha value is -2.60. The van der Waals surface area contributed by atoms with Crippen LogP contribution in [-0.2, 0) is 9.59 Å². The molecule has 2 rings (SSSR count). The molecule has 0 saturated carbocycles. The van der Waals surface area contributed by atoms with Gasteiger partial charge in [-0.2, -0.15) is 0 Å². The van der Waals surface area contributed by atoms with Crippen molar-refractivity contribution in [3.63, 3.8) is 0 Å². The number of rotatable bonds is 5. The SMILES string of the molecule is Cc1cccc(/C=C/C(=O)NNC(=O)[C@@H](C)Oc2cccc(Br)c2)c1. The second-order valence-electron chi connectivity index (χ2n) is 5.44. The van der Waals surface area contributed by atoms with Crippen molar-refractivity contribution in [3.05, 3.63) is 70.2 Å². The molecule has 2 N–H and O–H groups in total. The molecule has 0 aromatic heterocycles. The van der Waals surface area contributed by atoms with Gasteiger partial charge in [-0.05, 0) is 43.7 Å². The first kappa shape index (κ1) is 18.7. The van der Waals surface area contributed by atoms with Gasteiger partial charge in [-0.3, -0.25) is 20.4 Å². The maximum Gasteiger partial charge on any atom is 0.279 e. The number of carbonyl (C=O) groups is 2. The third-order valence-corrected chi connectivity index (χ3v) is 3.75. The molecule has 2 aromatic rings. The number of hydrogen-bond donors (Lipinski definition) is 2. The summed E-state index contributed by atoms with van der Waals surface area (Å²) in [7, 11) is 0. The van der Waals surface area contributed by atoms with E-state index in [0.717, 1.165) is 15.6 Å². The van der Waals surface area contributed by atoms with Crippen LogP contribution in [0.2, 0.25) is 0 Å². The van der Waals surface area contributed by atoms with Crippen molar-refractivity contribution in [1.29, 1.82) is 0 Å². The zero-order chi connectivity index (χ0) is 18.2. The molecule has 5 nitrogen and oxygen atoms in total. The number of halogens is 1. The highest BCUT2D eigenvalue weighted by Crippen LogP contribution is 2.18. The molecule has 2 aromatic carbocycles. The molecule has 0 saturated heterocycles. The lowest BCUT2D eigenvalue weighted by atomic mass is 10.1. The molecule has 0 aliphatic rings. The molecule has 0 heterocycles. The van der Waals surface area contributed by atoms with E-state index in [1.54, 1.807) is 25.1 Å². The quantitative estimate of drug-likeness (QED) is 0.594. The normalized spacial score (nSPS) is 11.8. The Labute approximate surface area is 155 Å². The summed E-state index contributed by atoms with van der Waals surface area (Å²) in [5.74, 6) is -0.315. The Morgan fingerprint density at radius 1 is 1.12 bits per heavy atom.